The van der Waals surface area contributed by atoms with Crippen molar-refractivity contribution in [1.29, 1.82) is 0 Å². The standard InChI is InChI=1S/C13H16F2O2/c1-9-4-6-10(7-5-9)13(14,15)8-12(2,3)11(16)17/h4-7H,8H2,1-3H3,(H,16,17). The molecule has 0 unspecified atom stereocenters. The van der Waals surface area contributed by atoms with Gasteiger partial charge in [-0.2, -0.15) is 0 Å². The summed E-state index contributed by atoms with van der Waals surface area (Å²) in [7, 11) is 0. The summed E-state index contributed by atoms with van der Waals surface area (Å²) in [6.07, 6.45) is -0.710. The highest BCUT2D eigenvalue weighted by molar-refractivity contribution is 5.73. The monoisotopic (exact) mass is 242 g/mol. The fourth-order valence-electron chi connectivity index (χ4n) is 1.53. The number of rotatable bonds is 4. The molecule has 0 aliphatic heterocycles. The Hall–Kier alpha value is -1.45. The van der Waals surface area contributed by atoms with E-state index in [1.54, 1.807) is 12.1 Å². The molecule has 4 heteroatoms. The highest BCUT2D eigenvalue weighted by atomic mass is 19.3. The molecule has 0 aliphatic carbocycles. The van der Waals surface area contributed by atoms with Crippen molar-refractivity contribution in [1.82, 2.24) is 0 Å². The van der Waals surface area contributed by atoms with E-state index in [2.05, 4.69) is 0 Å². The third kappa shape index (κ3) is 3.25. The molecule has 0 amide bonds. The van der Waals surface area contributed by atoms with Crippen LogP contribution in [0.5, 0.6) is 0 Å². The molecular weight excluding hydrogens is 226 g/mol. The summed E-state index contributed by atoms with van der Waals surface area (Å²) in [6, 6.07) is 5.87. The van der Waals surface area contributed by atoms with E-state index >= 15 is 0 Å². The first-order valence-corrected chi connectivity index (χ1v) is 5.33. The van der Waals surface area contributed by atoms with Gasteiger partial charge in [0.25, 0.3) is 5.92 Å². The van der Waals surface area contributed by atoms with Gasteiger partial charge >= 0.3 is 5.97 Å². The summed E-state index contributed by atoms with van der Waals surface area (Å²) >= 11 is 0. The van der Waals surface area contributed by atoms with Crippen molar-refractivity contribution in [2.24, 2.45) is 5.41 Å². The zero-order valence-corrected chi connectivity index (χ0v) is 10.1. The average molecular weight is 242 g/mol. The molecule has 0 radical (unpaired) electrons. The highest BCUT2D eigenvalue weighted by Gasteiger charge is 2.42. The van der Waals surface area contributed by atoms with Gasteiger partial charge in [-0.05, 0) is 20.8 Å². The zero-order valence-electron chi connectivity index (χ0n) is 10.1. The van der Waals surface area contributed by atoms with Gasteiger partial charge in [-0.15, -0.1) is 0 Å². The second kappa shape index (κ2) is 4.43. The summed E-state index contributed by atoms with van der Waals surface area (Å²) in [5.41, 5.74) is -0.701. The molecule has 0 spiro atoms. The number of alkyl halides is 2. The Balaban J connectivity index is 2.96. The molecule has 0 aromatic heterocycles. The van der Waals surface area contributed by atoms with Crippen molar-refractivity contribution in [2.45, 2.75) is 33.1 Å². The lowest BCUT2D eigenvalue weighted by Crippen LogP contribution is -2.31. The van der Waals surface area contributed by atoms with Crippen molar-refractivity contribution in [3.8, 4) is 0 Å². The molecule has 17 heavy (non-hydrogen) atoms. The van der Waals surface area contributed by atoms with E-state index in [0.29, 0.717) is 0 Å². The molecule has 1 rings (SSSR count). The molecule has 0 bridgehead atoms. The first-order valence-electron chi connectivity index (χ1n) is 5.33. The van der Waals surface area contributed by atoms with Crippen molar-refractivity contribution >= 4 is 5.97 Å². The first kappa shape index (κ1) is 13.6. The Morgan fingerprint density at radius 2 is 1.71 bits per heavy atom. The predicted molar refractivity (Wildman–Crippen MR) is 61.1 cm³/mol. The molecule has 0 saturated heterocycles. The molecule has 1 aromatic rings. The molecule has 94 valence electrons. The van der Waals surface area contributed by atoms with Crippen LogP contribution in [0.4, 0.5) is 8.78 Å². The van der Waals surface area contributed by atoms with E-state index < -0.39 is 23.7 Å². The van der Waals surface area contributed by atoms with Crippen LogP contribution in [0.15, 0.2) is 24.3 Å². The van der Waals surface area contributed by atoms with Crippen LogP contribution in [0.25, 0.3) is 0 Å². The number of carboxylic acids is 1. The van der Waals surface area contributed by atoms with Gasteiger partial charge in [0.1, 0.15) is 0 Å². The summed E-state index contributed by atoms with van der Waals surface area (Å²) in [5.74, 6) is -4.35. The SMILES string of the molecule is Cc1ccc(C(F)(F)CC(C)(C)C(=O)O)cc1. The number of hydrogen-bond acceptors (Lipinski definition) is 1. The quantitative estimate of drug-likeness (QED) is 0.876. The molecule has 1 aromatic carbocycles. The third-order valence-electron chi connectivity index (χ3n) is 2.72. The molecule has 0 heterocycles. The van der Waals surface area contributed by atoms with Gasteiger partial charge in [0.15, 0.2) is 0 Å². The van der Waals surface area contributed by atoms with Crippen molar-refractivity contribution in [2.75, 3.05) is 0 Å². The van der Waals surface area contributed by atoms with Gasteiger partial charge in [-0.1, -0.05) is 29.8 Å². The first-order chi connectivity index (χ1) is 7.65. The van der Waals surface area contributed by atoms with Crippen LogP contribution in [0, 0.1) is 12.3 Å². The predicted octanol–water partition coefficient (Wildman–Crippen LogP) is 3.59. The van der Waals surface area contributed by atoms with Gasteiger partial charge < -0.3 is 5.11 Å². The molecule has 0 fully saturated rings. The zero-order chi connectivity index (χ0) is 13.3. The van der Waals surface area contributed by atoms with Crippen LogP contribution in [0.1, 0.15) is 31.4 Å². The fraction of sp³-hybridized carbons (Fsp3) is 0.462. The molecule has 1 N–H and O–H groups in total. The van der Waals surface area contributed by atoms with Gasteiger partial charge in [0.2, 0.25) is 0 Å². The number of halogens is 2. The fourth-order valence-corrected chi connectivity index (χ4v) is 1.53. The Morgan fingerprint density at radius 1 is 1.24 bits per heavy atom. The van der Waals surface area contributed by atoms with Crippen molar-refractivity contribution in [3.63, 3.8) is 0 Å². The molecule has 0 aliphatic rings. The van der Waals surface area contributed by atoms with Crippen LogP contribution in [-0.2, 0) is 10.7 Å². The van der Waals surface area contributed by atoms with E-state index in [4.69, 9.17) is 5.11 Å². The van der Waals surface area contributed by atoms with Crippen LogP contribution >= 0.6 is 0 Å². The minimum absolute atomic E-state index is 0.141. The Kier molecular flexibility index (Phi) is 3.55. The molecule has 2 nitrogen and oxygen atoms in total. The van der Waals surface area contributed by atoms with Gasteiger partial charge in [0, 0.05) is 12.0 Å². The third-order valence-corrected chi connectivity index (χ3v) is 2.72. The second-order valence-electron chi connectivity index (χ2n) is 4.94. The van der Waals surface area contributed by atoms with Crippen LogP contribution in [0.3, 0.4) is 0 Å². The Morgan fingerprint density at radius 3 is 2.12 bits per heavy atom. The maximum Gasteiger partial charge on any atom is 0.309 e. The number of benzene rings is 1. The van der Waals surface area contributed by atoms with E-state index in [-0.39, 0.29) is 5.56 Å². The summed E-state index contributed by atoms with van der Waals surface area (Å²) in [6.45, 7) is 4.41. The molecule has 0 saturated carbocycles. The summed E-state index contributed by atoms with van der Waals surface area (Å²) in [4.78, 5) is 10.9. The number of hydrogen-bond donors (Lipinski definition) is 1. The largest absolute Gasteiger partial charge is 0.481 e. The minimum atomic E-state index is -3.13. The smallest absolute Gasteiger partial charge is 0.309 e. The number of carbonyl (C=O) groups is 1. The number of aliphatic carboxylic acids is 1. The highest BCUT2D eigenvalue weighted by Crippen LogP contribution is 2.39. The van der Waals surface area contributed by atoms with Crippen molar-refractivity contribution < 1.29 is 18.7 Å². The van der Waals surface area contributed by atoms with Gasteiger partial charge in [0.05, 0.1) is 5.41 Å². The van der Waals surface area contributed by atoms with Gasteiger partial charge in [-0.3, -0.25) is 4.79 Å². The van der Waals surface area contributed by atoms with Gasteiger partial charge in [-0.25, -0.2) is 8.78 Å². The molecular formula is C13H16F2O2. The maximum atomic E-state index is 13.9. The second-order valence-corrected chi connectivity index (χ2v) is 4.94. The Bertz CT molecular complexity index is 408. The lowest BCUT2D eigenvalue weighted by atomic mass is 9.84. The number of aryl methyl sites for hydroxylation is 1. The maximum absolute atomic E-state index is 13.9. The Labute approximate surface area is 99.3 Å². The average Bonchev–Trinajstić information content (AvgIpc) is 2.16. The van der Waals surface area contributed by atoms with Crippen LogP contribution in [0.2, 0.25) is 0 Å². The summed E-state index contributed by atoms with van der Waals surface area (Å²) in [5, 5.41) is 8.86. The van der Waals surface area contributed by atoms with E-state index in [1.165, 1.54) is 26.0 Å². The van der Waals surface area contributed by atoms with Crippen LogP contribution in [-0.4, -0.2) is 11.1 Å². The van der Waals surface area contributed by atoms with Crippen molar-refractivity contribution in [3.05, 3.63) is 35.4 Å². The van der Waals surface area contributed by atoms with E-state index in [1.807, 2.05) is 6.92 Å². The lowest BCUT2D eigenvalue weighted by Gasteiger charge is -2.26. The lowest BCUT2D eigenvalue weighted by molar-refractivity contribution is -0.153. The molecule has 0 atom stereocenters. The van der Waals surface area contributed by atoms with Crippen LogP contribution < -0.4 is 0 Å². The normalized spacial score (nSPS) is 12.5. The number of carboxylic acid groups (broad SMARTS) is 1. The minimum Gasteiger partial charge on any atom is -0.481 e. The van der Waals surface area contributed by atoms with E-state index in [9.17, 15) is 13.6 Å². The summed E-state index contributed by atoms with van der Waals surface area (Å²) < 4.78 is 27.8. The topological polar surface area (TPSA) is 37.3 Å². The van der Waals surface area contributed by atoms with E-state index in [0.717, 1.165) is 5.56 Å².